The fourth-order valence-corrected chi connectivity index (χ4v) is 0.980. The van der Waals surface area contributed by atoms with E-state index in [9.17, 15) is 14.7 Å². The van der Waals surface area contributed by atoms with Crippen LogP contribution in [0.2, 0.25) is 0 Å². The van der Waals surface area contributed by atoms with E-state index in [1.165, 1.54) is 0 Å². The Morgan fingerprint density at radius 3 is 2.22 bits per heavy atom. The number of carbonyl (C=O) groups is 2. The monoisotopic (exact) mass is 279 g/mol. The molecule has 5 nitrogen and oxygen atoms in total. The fourth-order valence-electron chi connectivity index (χ4n) is 0.980. The lowest BCUT2D eigenvalue weighted by atomic mass is 10.0. The van der Waals surface area contributed by atoms with Crippen LogP contribution in [0.4, 0.5) is 0 Å². The Morgan fingerprint density at radius 2 is 1.89 bits per heavy atom. The molecule has 0 heterocycles. The molecule has 0 bridgehead atoms. The van der Waals surface area contributed by atoms with Crippen molar-refractivity contribution in [3.05, 3.63) is 0 Å². The molecule has 0 aromatic heterocycles. The lowest BCUT2D eigenvalue weighted by Crippen LogP contribution is -2.28. The first-order valence-corrected chi connectivity index (χ1v) is 6.81. The predicted octanol–water partition coefficient (Wildman–Crippen LogP) is 1.14. The van der Waals surface area contributed by atoms with E-state index in [4.69, 9.17) is 5.73 Å². The summed E-state index contributed by atoms with van der Waals surface area (Å²) in [5.41, 5.74) is 4.95. The van der Waals surface area contributed by atoms with Crippen molar-refractivity contribution in [1.29, 1.82) is 0 Å². The van der Waals surface area contributed by atoms with Gasteiger partial charge in [-0.2, -0.15) is 12.6 Å². The molecule has 0 aliphatic rings. The van der Waals surface area contributed by atoms with Crippen molar-refractivity contribution in [1.82, 2.24) is 0 Å². The van der Waals surface area contributed by atoms with Crippen LogP contribution in [-0.4, -0.2) is 35.4 Å². The van der Waals surface area contributed by atoms with Gasteiger partial charge in [-0.05, 0) is 13.3 Å². The number of esters is 2. The molecule has 3 N–H and O–H groups in total. The molecular weight excluding hydrogens is 254 g/mol. The average molecular weight is 279 g/mol. The number of thiol groups is 1. The SMILES string of the molecule is CCC[C@@H](O)[C@H](C)C(=O)OC(=O)CC.NCCS. The van der Waals surface area contributed by atoms with Crippen LogP contribution in [0.1, 0.15) is 40.0 Å². The van der Waals surface area contributed by atoms with Crippen molar-refractivity contribution >= 4 is 24.6 Å². The molecule has 0 amide bonds. The van der Waals surface area contributed by atoms with Gasteiger partial charge in [-0.25, -0.2) is 0 Å². The van der Waals surface area contributed by atoms with Gasteiger partial charge in [0.2, 0.25) is 0 Å². The summed E-state index contributed by atoms with van der Waals surface area (Å²) in [6.45, 7) is 5.77. The maximum Gasteiger partial charge on any atom is 0.318 e. The summed E-state index contributed by atoms with van der Waals surface area (Å²) in [5, 5.41) is 9.46. The van der Waals surface area contributed by atoms with E-state index in [1.807, 2.05) is 6.92 Å². The minimum atomic E-state index is -0.725. The third-order valence-electron chi connectivity index (χ3n) is 2.17. The zero-order valence-electron chi connectivity index (χ0n) is 11.4. The highest BCUT2D eigenvalue weighted by molar-refractivity contribution is 7.80. The highest BCUT2D eigenvalue weighted by Crippen LogP contribution is 2.11. The Bertz CT molecular complexity index is 234. The molecule has 0 spiro atoms. The van der Waals surface area contributed by atoms with E-state index in [0.717, 1.165) is 12.2 Å². The van der Waals surface area contributed by atoms with Crippen molar-refractivity contribution in [3.8, 4) is 0 Å². The molecule has 0 fully saturated rings. The van der Waals surface area contributed by atoms with Crippen LogP contribution < -0.4 is 5.73 Å². The van der Waals surface area contributed by atoms with E-state index in [0.29, 0.717) is 13.0 Å². The molecule has 2 atom stereocenters. The van der Waals surface area contributed by atoms with E-state index >= 15 is 0 Å². The molecule has 108 valence electrons. The highest BCUT2D eigenvalue weighted by atomic mass is 32.1. The average Bonchev–Trinajstić information content (AvgIpc) is 2.38. The van der Waals surface area contributed by atoms with Crippen LogP contribution in [0.15, 0.2) is 0 Å². The lowest BCUT2D eigenvalue weighted by molar-refractivity contribution is -0.164. The van der Waals surface area contributed by atoms with E-state index in [-0.39, 0.29) is 6.42 Å². The summed E-state index contributed by atoms with van der Waals surface area (Å²) >= 11 is 3.80. The zero-order chi connectivity index (χ0) is 14.6. The molecule has 0 aliphatic heterocycles. The largest absolute Gasteiger partial charge is 0.393 e. The van der Waals surface area contributed by atoms with Gasteiger partial charge in [0.15, 0.2) is 0 Å². The van der Waals surface area contributed by atoms with Gasteiger partial charge >= 0.3 is 11.9 Å². The molecule has 0 rings (SSSR count). The third-order valence-corrected chi connectivity index (χ3v) is 2.42. The standard InChI is InChI=1S/C10H18O4.C2H7NS/c1-4-6-8(11)7(3)10(13)14-9(12)5-2;3-1-2-4/h7-8,11H,4-6H2,1-3H3;4H,1-3H2/t7-,8+;/m0./s1. The van der Waals surface area contributed by atoms with Crippen LogP contribution >= 0.6 is 12.6 Å². The summed E-state index contributed by atoms with van der Waals surface area (Å²) in [4.78, 5) is 22.0. The normalized spacial score (nSPS) is 13.0. The smallest absolute Gasteiger partial charge is 0.318 e. The summed E-state index contributed by atoms with van der Waals surface area (Å²) in [6.07, 6.45) is 0.775. The molecule has 0 radical (unpaired) electrons. The minimum absolute atomic E-state index is 0.169. The molecule has 6 heteroatoms. The Balaban J connectivity index is 0. The maximum absolute atomic E-state index is 11.2. The van der Waals surface area contributed by atoms with Gasteiger partial charge in [0.05, 0.1) is 12.0 Å². The van der Waals surface area contributed by atoms with Gasteiger partial charge in [0.25, 0.3) is 0 Å². The van der Waals surface area contributed by atoms with Gasteiger partial charge in [0.1, 0.15) is 0 Å². The second-order valence-corrected chi connectivity index (χ2v) is 4.25. The zero-order valence-corrected chi connectivity index (χ0v) is 12.3. The molecule has 0 aromatic carbocycles. The van der Waals surface area contributed by atoms with Crippen LogP contribution in [0.5, 0.6) is 0 Å². The first-order valence-electron chi connectivity index (χ1n) is 6.17. The Hall–Kier alpha value is -0.590. The maximum atomic E-state index is 11.2. The topological polar surface area (TPSA) is 89.6 Å². The molecule has 0 unspecified atom stereocenters. The molecule has 18 heavy (non-hydrogen) atoms. The Morgan fingerprint density at radius 1 is 1.39 bits per heavy atom. The molecular formula is C12H25NO4S. The van der Waals surface area contributed by atoms with Crippen LogP contribution in [0, 0.1) is 5.92 Å². The first-order chi connectivity index (χ1) is 8.44. The molecule has 0 saturated carbocycles. The molecule has 0 aromatic rings. The number of hydrogen-bond donors (Lipinski definition) is 3. The van der Waals surface area contributed by atoms with Crippen molar-refractivity contribution in [3.63, 3.8) is 0 Å². The summed E-state index contributed by atoms with van der Waals surface area (Å²) < 4.78 is 4.49. The Labute approximate surface area is 114 Å². The Kier molecular flexibility index (Phi) is 14.1. The lowest BCUT2D eigenvalue weighted by Gasteiger charge is -2.15. The molecule has 0 aliphatic carbocycles. The van der Waals surface area contributed by atoms with E-state index in [2.05, 4.69) is 17.4 Å². The van der Waals surface area contributed by atoms with Gasteiger partial charge in [-0.1, -0.05) is 20.3 Å². The van der Waals surface area contributed by atoms with Crippen LogP contribution in [0.25, 0.3) is 0 Å². The van der Waals surface area contributed by atoms with Gasteiger partial charge in [-0.3, -0.25) is 9.59 Å². The third kappa shape index (κ3) is 10.6. The number of rotatable bonds is 6. The van der Waals surface area contributed by atoms with Crippen LogP contribution in [-0.2, 0) is 14.3 Å². The number of hydrogen-bond acceptors (Lipinski definition) is 6. The number of carbonyl (C=O) groups excluding carboxylic acids is 2. The van der Waals surface area contributed by atoms with E-state index in [1.54, 1.807) is 13.8 Å². The minimum Gasteiger partial charge on any atom is -0.393 e. The quantitative estimate of drug-likeness (QED) is 0.385. The number of ether oxygens (including phenoxy) is 1. The summed E-state index contributed by atoms with van der Waals surface area (Å²) in [7, 11) is 0. The molecule has 0 saturated heterocycles. The van der Waals surface area contributed by atoms with Gasteiger partial charge in [0, 0.05) is 18.7 Å². The van der Waals surface area contributed by atoms with Gasteiger partial charge in [-0.15, -0.1) is 0 Å². The van der Waals surface area contributed by atoms with Crippen molar-refractivity contribution in [2.75, 3.05) is 12.3 Å². The van der Waals surface area contributed by atoms with E-state index < -0.39 is 24.0 Å². The van der Waals surface area contributed by atoms with Crippen LogP contribution in [0.3, 0.4) is 0 Å². The van der Waals surface area contributed by atoms with Crippen molar-refractivity contribution < 1.29 is 19.4 Å². The van der Waals surface area contributed by atoms with Crippen molar-refractivity contribution in [2.45, 2.75) is 46.1 Å². The summed E-state index contributed by atoms with van der Waals surface area (Å²) in [6, 6.07) is 0. The summed E-state index contributed by atoms with van der Waals surface area (Å²) in [5.74, 6) is -1.03. The fraction of sp³-hybridized carbons (Fsp3) is 0.833. The predicted molar refractivity (Wildman–Crippen MR) is 74.4 cm³/mol. The van der Waals surface area contributed by atoms with Crippen molar-refractivity contribution in [2.24, 2.45) is 11.7 Å². The number of aliphatic hydroxyl groups excluding tert-OH is 1. The second kappa shape index (κ2) is 12.9. The number of nitrogens with two attached hydrogens (primary N) is 1. The first kappa shape index (κ1) is 19.7. The van der Waals surface area contributed by atoms with Gasteiger partial charge < -0.3 is 15.6 Å². The number of aliphatic hydroxyl groups is 1. The second-order valence-electron chi connectivity index (χ2n) is 3.80. The highest BCUT2D eigenvalue weighted by Gasteiger charge is 2.24.